The van der Waals surface area contributed by atoms with Crippen LogP contribution in [-0.2, 0) is 9.53 Å². The lowest BCUT2D eigenvalue weighted by molar-refractivity contribution is -0.129. The Bertz CT molecular complexity index is 1240. The first kappa shape index (κ1) is 33.4. The number of ether oxygens (including phenoxy) is 1. The van der Waals surface area contributed by atoms with Crippen LogP contribution in [0, 0.1) is 0 Å². The van der Waals surface area contributed by atoms with Gasteiger partial charge in [-0.3, -0.25) is 4.79 Å². The predicted octanol–water partition coefficient (Wildman–Crippen LogP) is 2.24. The highest BCUT2D eigenvalue weighted by atomic mass is 16.6. The molecule has 242 valence electrons. The van der Waals surface area contributed by atoms with Crippen LogP contribution >= 0.6 is 0 Å². The Kier molecular flexibility index (Phi) is 12.2. The largest absolute Gasteiger partial charge is 0.450 e. The number of aliphatic hydroxyl groups is 4. The van der Waals surface area contributed by atoms with Crippen LogP contribution in [0.15, 0.2) is 48.5 Å². The molecule has 0 saturated carbocycles. The lowest BCUT2D eigenvalue weighted by Gasteiger charge is -2.39. The Morgan fingerprint density at radius 1 is 0.727 bits per heavy atom. The van der Waals surface area contributed by atoms with E-state index in [1.165, 1.54) is 11.8 Å². The smallest absolute Gasteiger partial charge is 0.409 e. The summed E-state index contributed by atoms with van der Waals surface area (Å²) in [6.45, 7) is 6.04. The molecular formula is C31H46N6O7. The molecule has 0 fully saturated rings. The summed E-state index contributed by atoms with van der Waals surface area (Å²) in [6.07, 6.45) is -2.05. The maximum atomic E-state index is 12.6. The second kappa shape index (κ2) is 16.0. The summed E-state index contributed by atoms with van der Waals surface area (Å²) in [4.78, 5) is 31.4. The fourth-order valence-corrected chi connectivity index (χ4v) is 5.69. The molecule has 4 unspecified atom stereocenters. The van der Waals surface area contributed by atoms with Crippen LogP contribution in [0.4, 0.5) is 16.2 Å². The number of anilines is 2. The number of nitrogens with zero attached hydrogens (tertiary/aromatic N) is 4. The Balaban J connectivity index is 1.21. The minimum Gasteiger partial charge on any atom is -0.450 e. The van der Waals surface area contributed by atoms with Crippen molar-refractivity contribution < 1.29 is 34.8 Å². The molecule has 2 aromatic rings. The van der Waals surface area contributed by atoms with E-state index in [0.29, 0.717) is 87.5 Å². The maximum absolute atomic E-state index is 12.6. The highest BCUT2D eigenvalue weighted by molar-refractivity contribution is 5.73. The lowest BCUT2D eigenvalue weighted by atomic mass is 10.1. The van der Waals surface area contributed by atoms with Crippen LogP contribution in [0.1, 0.15) is 63.1 Å². The maximum Gasteiger partial charge on any atom is 0.409 e. The molecule has 4 rings (SSSR count). The normalized spacial score (nSPS) is 21.4. The average molecular weight is 615 g/mol. The lowest BCUT2D eigenvalue weighted by Crippen LogP contribution is -2.48. The van der Waals surface area contributed by atoms with Gasteiger partial charge in [-0.25, -0.2) is 14.6 Å². The van der Waals surface area contributed by atoms with Gasteiger partial charge in [-0.1, -0.05) is 36.4 Å². The van der Waals surface area contributed by atoms with Crippen molar-refractivity contribution >= 4 is 23.4 Å². The Morgan fingerprint density at radius 3 is 1.64 bits per heavy atom. The molecule has 2 aliphatic heterocycles. The highest BCUT2D eigenvalue weighted by Gasteiger charge is 2.32. The van der Waals surface area contributed by atoms with E-state index >= 15 is 0 Å². The van der Waals surface area contributed by atoms with Crippen LogP contribution in [0.25, 0.3) is 0 Å². The molecule has 2 amide bonds. The highest BCUT2D eigenvalue weighted by Crippen LogP contribution is 2.33. The summed E-state index contributed by atoms with van der Waals surface area (Å²) < 4.78 is 5.25. The van der Waals surface area contributed by atoms with Gasteiger partial charge in [-0.05, 0) is 44.7 Å². The number of para-hydroxylation sites is 2. The van der Waals surface area contributed by atoms with Gasteiger partial charge in [-0.2, -0.15) is 0 Å². The topological polar surface area (TPSA) is 161 Å². The van der Waals surface area contributed by atoms with Crippen LogP contribution in [-0.4, -0.2) is 111 Å². The number of rotatable bonds is 14. The van der Waals surface area contributed by atoms with Crippen molar-refractivity contribution in [1.82, 2.24) is 19.6 Å². The number of fused-ring (bicyclic) bond motifs is 2. The molecule has 0 bridgehead atoms. The van der Waals surface area contributed by atoms with E-state index in [1.54, 1.807) is 39.8 Å². The minimum atomic E-state index is -1.05. The van der Waals surface area contributed by atoms with Gasteiger partial charge < -0.3 is 45.6 Å². The second-order valence-corrected chi connectivity index (χ2v) is 11.0. The molecule has 13 nitrogen and oxygen atoms in total. The van der Waals surface area contributed by atoms with Gasteiger partial charge >= 0.3 is 6.09 Å². The van der Waals surface area contributed by atoms with Crippen LogP contribution < -0.4 is 10.6 Å². The van der Waals surface area contributed by atoms with Gasteiger partial charge in [0.25, 0.3) is 0 Å². The number of carbonyl (C=O) groups excluding carboxylic acids is 2. The van der Waals surface area contributed by atoms with E-state index in [-0.39, 0.29) is 12.5 Å². The van der Waals surface area contributed by atoms with Gasteiger partial charge in [0.2, 0.25) is 5.91 Å². The number of unbranched alkanes of at least 4 members (excludes halogenated alkanes) is 1. The first-order valence-electron chi connectivity index (χ1n) is 15.3. The van der Waals surface area contributed by atoms with Gasteiger partial charge in [0.15, 0.2) is 12.7 Å². The fraction of sp³-hybridized carbons (Fsp3) is 0.548. The molecule has 6 N–H and O–H groups in total. The molecule has 2 heterocycles. The van der Waals surface area contributed by atoms with E-state index in [9.17, 15) is 30.0 Å². The Hall–Kier alpha value is -3.46. The summed E-state index contributed by atoms with van der Waals surface area (Å²) in [5, 5.41) is 48.5. The van der Waals surface area contributed by atoms with Crippen molar-refractivity contribution in [2.24, 2.45) is 0 Å². The zero-order valence-corrected chi connectivity index (χ0v) is 25.5. The van der Waals surface area contributed by atoms with Crippen molar-refractivity contribution in [2.45, 2.75) is 64.7 Å². The van der Waals surface area contributed by atoms with Crippen LogP contribution in [0.2, 0.25) is 0 Å². The summed E-state index contributed by atoms with van der Waals surface area (Å²) in [5.41, 5.74) is 2.74. The van der Waals surface area contributed by atoms with Crippen molar-refractivity contribution in [1.29, 1.82) is 0 Å². The van der Waals surface area contributed by atoms with E-state index < -0.39 is 31.3 Å². The summed E-state index contributed by atoms with van der Waals surface area (Å²) in [5.74, 6) is -0.0655. The molecule has 0 aliphatic carbocycles. The first-order valence-corrected chi connectivity index (χ1v) is 15.3. The zero-order chi connectivity index (χ0) is 31.6. The standard InChI is InChI=1S/C31H46N6O7/c1-3-44-31(43)35(19-11-21-37-28(40)24-13-5-7-15-26(24)33-30(37)42)17-9-8-16-34(22(2)38)18-10-20-36-27(39)23-12-4-6-14-25(23)32-29(36)41/h4-7,12-15,27-30,32-33,39-42H,3,8-11,16-21H2,1-2H3. The summed E-state index contributed by atoms with van der Waals surface area (Å²) in [7, 11) is 0. The zero-order valence-electron chi connectivity index (χ0n) is 25.5. The minimum absolute atomic E-state index is 0.0655. The van der Waals surface area contributed by atoms with Gasteiger partial charge in [-0.15, -0.1) is 0 Å². The third-order valence-electron chi connectivity index (χ3n) is 8.07. The molecule has 0 aromatic heterocycles. The van der Waals surface area contributed by atoms with Crippen LogP contribution in [0.3, 0.4) is 0 Å². The Morgan fingerprint density at radius 2 is 1.16 bits per heavy atom. The third-order valence-corrected chi connectivity index (χ3v) is 8.07. The monoisotopic (exact) mass is 614 g/mol. The molecule has 2 aromatic carbocycles. The predicted molar refractivity (Wildman–Crippen MR) is 165 cm³/mol. The van der Waals surface area contributed by atoms with E-state index in [0.717, 1.165) is 0 Å². The quantitative estimate of drug-likeness (QED) is 0.173. The Labute approximate surface area is 258 Å². The number of benzene rings is 2. The van der Waals surface area contributed by atoms with Gasteiger partial charge in [0.1, 0.15) is 12.5 Å². The van der Waals surface area contributed by atoms with Crippen molar-refractivity contribution in [3.63, 3.8) is 0 Å². The number of carbonyl (C=O) groups is 2. The SMILES string of the molecule is CCOC(=O)N(CCCCN(CCCN1C(O)Nc2ccccc2C1O)C(C)=O)CCCN1C(O)Nc2ccccc2C1O. The summed E-state index contributed by atoms with van der Waals surface area (Å²) >= 11 is 0. The second-order valence-electron chi connectivity index (χ2n) is 11.0. The first-order chi connectivity index (χ1) is 21.2. The van der Waals surface area contributed by atoms with E-state index in [2.05, 4.69) is 10.6 Å². The number of aliphatic hydroxyl groups excluding tert-OH is 4. The van der Waals surface area contributed by atoms with Crippen molar-refractivity contribution in [3.8, 4) is 0 Å². The molecule has 0 spiro atoms. The van der Waals surface area contributed by atoms with Gasteiger partial charge in [0, 0.05) is 68.7 Å². The molecule has 0 saturated heterocycles. The number of hydrogen-bond acceptors (Lipinski definition) is 11. The number of nitrogens with one attached hydrogen (secondary N) is 2. The van der Waals surface area contributed by atoms with E-state index in [1.807, 2.05) is 30.3 Å². The molecule has 13 heteroatoms. The molecule has 2 aliphatic rings. The third kappa shape index (κ3) is 8.37. The van der Waals surface area contributed by atoms with Crippen molar-refractivity contribution in [2.75, 3.05) is 56.5 Å². The number of hydrogen-bond donors (Lipinski definition) is 6. The fourth-order valence-electron chi connectivity index (χ4n) is 5.69. The van der Waals surface area contributed by atoms with Gasteiger partial charge in [0.05, 0.1) is 6.61 Å². The summed E-state index contributed by atoms with van der Waals surface area (Å²) in [6, 6.07) is 14.5. The molecule has 44 heavy (non-hydrogen) atoms. The average Bonchev–Trinajstić information content (AvgIpc) is 3.00. The number of amides is 2. The molecular weight excluding hydrogens is 568 g/mol. The molecule has 0 radical (unpaired) electrons. The van der Waals surface area contributed by atoms with Crippen LogP contribution in [0.5, 0.6) is 0 Å². The molecule has 4 atom stereocenters. The van der Waals surface area contributed by atoms with E-state index in [4.69, 9.17) is 4.74 Å². The van der Waals surface area contributed by atoms with Crippen molar-refractivity contribution in [3.05, 3.63) is 59.7 Å².